The summed E-state index contributed by atoms with van der Waals surface area (Å²) in [5.74, 6) is 0.587. The molecule has 1 aromatic heterocycles. The maximum atomic E-state index is 12.0. The first-order valence-electron chi connectivity index (χ1n) is 7.06. The van der Waals surface area contributed by atoms with Gasteiger partial charge in [-0.05, 0) is 63.6 Å². The first-order chi connectivity index (χ1) is 10.2. The highest BCUT2D eigenvalue weighted by molar-refractivity contribution is 9.10. The topological polar surface area (TPSA) is 54.0 Å². The maximum absolute atomic E-state index is 12.0. The minimum atomic E-state index is -0.261. The highest BCUT2D eigenvalue weighted by atomic mass is 79.9. The Morgan fingerprint density at radius 1 is 1.18 bits per heavy atom. The molecule has 5 heteroatoms. The number of hydrogen-bond acceptors (Lipinski definition) is 3. The van der Waals surface area contributed by atoms with Crippen LogP contribution >= 0.6 is 15.9 Å². The second-order valence-electron chi connectivity index (χ2n) is 6.22. The fourth-order valence-electron chi connectivity index (χ4n) is 1.92. The van der Waals surface area contributed by atoms with Crippen LogP contribution in [0.4, 0.5) is 11.5 Å². The van der Waals surface area contributed by atoms with Gasteiger partial charge in [-0.3, -0.25) is 4.79 Å². The Labute approximate surface area is 139 Å². The van der Waals surface area contributed by atoms with Crippen molar-refractivity contribution in [3.8, 4) is 0 Å². The highest BCUT2D eigenvalue weighted by Crippen LogP contribution is 2.23. The van der Waals surface area contributed by atoms with Gasteiger partial charge in [-0.1, -0.05) is 15.9 Å². The third-order valence-electron chi connectivity index (χ3n) is 2.97. The second kappa shape index (κ2) is 6.48. The molecule has 0 fully saturated rings. The van der Waals surface area contributed by atoms with E-state index < -0.39 is 0 Å². The van der Waals surface area contributed by atoms with Crippen LogP contribution in [-0.2, 0) is 0 Å². The zero-order valence-corrected chi connectivity index (χ0v) is 14.8. The number of nitrogens with zero attached hydrogens (tertiary/aromatic N) is 1. The summed E-state index contributed by atoms with van der Waals surface area (Å²) < 4.78 is 1.04. The number of nitrogens with one attached hydrogen (secondary N) is 2. The predicted molar refractivity (Wildman–Crippen MR) is 93.6 cm³/mol. The van der Waals surface area contributed by atoms with Gasteiger partial charge in [0.25, 0.3) is 5.91 Å². The van der Waals surface area contributed by atoms with Crippen LogP contribution in [0, 0.1) is 6.92 Å². The number of amides is 1. The average Bonchev–Trinajstić information content (AvgIpc) is 2.41. The SMILES string of the molecule is Cc1cc(Br)ccc1Nc1ccc(C(=O)NC(C)(C)C)cn1. The van der Waals surface area contributed by atoms with E-state index in [1.807, 2.05) is 45.9 Å². The molecular formula is C17H20BrN3O. The second-order valence-corrected chi connectivity index (χ2v) is 7.14. The number of rotatable bonds is 3. The van der Waals surface area contributed by atoms with Gasteiger partial charge in [0.2, 0.25) is 0 Å². The quantitative estimate of drug-likeness (QED) is 0.850. The van der Waals surface area contributed by atoms with Crippen LogP contribution in [0.2, 0.25) is 0 Å². The van der Waals surface area contributed by atoms with Crippen molar-refractivity contribution in [2.75, 3.05) is 5.32 Å². The molecule has 0 aliphatic carbocycles. The lowest BCUT2D eigenvalue weighted by atomic mass is 10.1. The largest absolute Gasteiger partial charge is 0.347 e. The van der Waals surface area contributed by atoms with Gasteiger partial charge in [0.05, 0.1) is 5.56 Å². The van der Waals surface area contributed by atoms with E-state index in [1.54, 1.807) is 18.3 Å². The fraction of sp³-hybridized carbons (Fsp3) is 0.294. The van der Waals surface area contributed by atoms with Gasteiger partial charge >= 0.3 is 0 Å². The summed E-state index contributed by atoms with van der Waals surface area (Å²) in [6.45, 7) is 7.87. The van der Waals surface area contributed by atoms with Gasteiger partial charge in [-0.2, -0.15) is 0 Å². The van der Waals surface area contributed by atoms with Gasteiger partial charge in [0.1, 0.15) is 5.82 Å². The van der Waals surface area contributed by atoms with Crippen LogP contribution in [0.25, 0.3) is 0 Å². The molecule has 1 heterocycles. The lowest BCUT2D eigenvalue weighted by molar-refractivity contribution is 0.0919. The number of hydrogen-bond donors (Lipinski definition) is 2. The molecule has 0 radical (unpaired) electrons. The van der Waals surface area contributed by atoms with Gasteiger partial charge in [0.15, 0.2) is 0 Å². The standard InChI is InChI=1S/C17H20BrN3O/c1-11-9-13(18)6-7-14(11)20-15-8-5-12(10-19-15)16(22)21-17(2,3)4/h5-10H,1-4H3,(H,19,20)(H,21,22). The van der Waals surface area contributed by atoms with Crippen molar-refractivity contribution in [3.05, 3.63) is 52.1 Å². The molecule has 0 spiro atoms. The zero-order valence-electron chi connectivity index (χ0n) is 13.2. The first kappa shape index (κ1) is 16.5. The summed E-state index contributed by atoms with van der Waals surface area (Å²) in [7, 11) is 0. The molecule has 4 nitrogen and oxygen atoms in total. The van der Waals surface area contributed by atoms with Crippen LogP contribution in [0.15, 0.2) is 41.0 Å². The third-order valence-corrected chi connectivity index (χ3v) is 3.46. The smallest absolute Gasteiger partial charge is 0.253 e. The average molecular weight is 362 g/mol. The molecule has 0 aliphatic heterocycles. The Kier molecular flexibility index (Phi) is 4.86. The number of carbonyl (C=O) groups excluding carboxylic acids is 1. The molecule has 0 saturated carbocycles. The van der Waals surface area contributed by atoms with Gasteiger partial charge in [-0.15, -0.1) is 0 Å². The van der Waals surface area contributed by atoms with Crippen molar-refractivity contribution < 1.29 is 4.79 Å². The van der Waals surface area contributed by atoms with E-state index >= 15 is 0 Å². The Bertz CT molecular complexity index is 675. The van der Waals surface area contributed by atoms with E-state index in [0.717, 1.165) is 15.7 Å². The molecule has 116 valence electrons. The molecule has 0 atom stereocenters. The Morgan fingerprint density at radius 2 is 1.91 bits per heavy atom. The Hall–Kier alpha value is -1.88. The summed E-state index contributed by atoms with van der Waals surface area (Å²) in [6, 6.07) is 9.57. The first-order valence-corrected chi connectivity index (χ1v) is 7.86. The van der Waals surface area contributed by atoms with Gasteiger partial charge in [-0.25, -0.2) is 4.98 Å². The lowest BCUT2D eigenvalue weighted by Crippen LogP contribution is -2.40. The van der Waals surface area contributed by atoms with E-state index in [9.17, 15) is 4.79 Å². The van der Waals surface area contributed by atoms with E-state index in [2.05, 4.69) is 31.5 Å². The molecular weight excluding hydrogens is 342 g/mol. The van der Waals surface area contributed by atoms with E-state index in [-0.39, 0.29) is 11.4 Å². The highest BCUT2D eigenvalue weighted by Gasteiger charge is 2.15. The molecule has 0 bridgehead atoms. The van der Waals surface area contributed by atoms with Crippen molar-refractivity contribution in [1.29, 1.82) is 0 Å². The Morgan fingerprint density at radius 3 is 2.45 bits per heavy atom. The van der Waals surface area contributed by atoms with Crippen LogP contribution in [0.3, 0.4) is 0 Å². The normalized spacial score (nSPS) is 11.1. The Balaban J connectivity index is 2.10. The van der Waals surface area contributed by atoms with Gasteiger partial charge in [0, 0.05) is 21.9 Å². The van der Waals surface area contributed by atoms with Crippen LogP contribution < -0.4 is 10.6 Å². The van der Waals surface area contributed by atoms with Crippen LogP contribution in [0.1, 0.15) is 36.7 Å². The maximum Gasteiger partial charge on any atom is 0.253 e. The fourth-order valence-corrected chi connectivity index (χ4v) is 2.40. The zero-order chi connectivity index (χ0) is 16.3. The van der Waals surface area contributed by atoms with Crippen molar-refractivity contribution >= 4 is 33.3 Å². The van der Waals surface area contributed by atoms with Crippen molar-refractivity contribution in [2.45, 2.75) is 33.2 Å². The van der Waals surface area contributed by atoms with Crippen molar-refractivity contribution in [3.63, 3.8) is 0 Å². The summed E-state index contributed by atoms with van der Waals surface area (Å²) in [5, 5.41) is 6.17. The molecule has 1 aromatic carbocycles. The molecule has 0 aliphatic rings. The summed E-state index contributed by atoms with van der Waals surface area (Å²) in [4.78, 5) is 16.3. The monoisotopic (exact) mass is 361 g/mol. The number of halogens is 1. The molecule has 2 rings (SSSR count). The number of carbonyl (C=O) groups is 1. The van der Waals surface area contributed by atoms with Crippen LogP contribution in [0.5, 0.6) is 0 Å². The number of benzene rings is 1. The summed E-state index contributed by atoms with van der Waals surface area (Å²) in [5.41, 5.74) is 2.39. The number of aryl methyl sites for hydroxylation is 1. The molecule has 2 aromatic rings. The summed E-state index contributed by atoms with van der Waals surface area (Å²) in [6.07, 6.45) is 1.58. The number of aromatic nitrogens is 1. The summed E-state index contributed by atoms with van der Waals surface area (Å²) >= 11 is 3.44. The van der Waals surface area contributed by atoms with E-state index in [1.165, 1.54) is 0 Å². The van der Waals surface area contributed by atoms with Gasteiger partial charge < -0.3 is 10.6 Å². The molecule has 2 N–H and O–H groups in total. The van der Waals surface area contributed by atoms with E-state index in [0.29, 0.717) is 11.4 Å². The molecule has 0 unspecified atom stereocenters. The third kappa shape index (κ3) is 4.56. The molecule has 0 saturated heterocycles. The number of pyridine rings is 1. The number of anilines is 2. The van der Waals surface area contributed by atoms with Crippen molar-refractivity contribution in [1.82, 2.24) is 10.3 Å². The van der Waals surface area contributed by atoms with E-state index in [4.69, 9.17) is 0 Å². The molecule has 1 amide bonds. The minimum absolute atomic E-state index is 0.119. The minimum Gasteiger partial charge on any atom is -0.347 e. The predicted octanol–water partition coefficient (Wildman–Crippen LogP) is 4.42. The lowest BCUT2D eigenvalue weighted by Gasteiger charge is -2.20. The van der Waals surface area contributed by atoms with Crippen molar-refractivity contribution in [2.24, 2.45) is 0 Å². The van der Waals surface area contributed by atoms with Crippen LogP contribution in [-0.4, -0.2) is 16.4 Å². The molecule has 22 heavy (non-hydrogen) atoms.